The van der Waals surface area contributed by atoms with Gasteiger partial charge in [0.15, 0.2) is 23.7 Å². The molecular formula is C23H21F2N5O3. The van der Waals surface area contributed by atoms with Crippen molar-refractivity contribution >= 4 is 17.8 Å². The van der Waals surface area contributed by atoms with Gasteiger partial charge in [0.2, 0.25) is 5.88 Å². The minimum absolute atomic E-state index is 0.198. The van der Waals surface area contributed by atoms with E-state index in [1.807, 2.05) is 4.90 Å². The molecule has 2 aliphatic heterocycles. The third-order valence-electron chi connectivity index (χ3n) is 6.27. The van der Waals surface area contributed by atoms with E-state index in [0.29, 0.717) is 42.5 Å². The van der Waals surface area contributed by atoms with Crippen LogP contribution in [0.1, 0.15) is 22.3 Å². The van der Waals surface area contributed by atoms with Gasteiger partial charge >= 0.3 is 0 Å². The number of aryl methyl sites for hydroxylation is 1. The van der Waals surface area contributed by atoms with Crippen molar-refractivity contribution in [1.82, 2.24) is 15.2 Å². The van der Waals surface area contributed by atoms with Crippen molar-refractivity contribution < 1.29 is 23.4 Å². The van der Waals surface area contributed by atoms with Gasteiger partial charge in [-0.2, -0.15) is 0 Å². The van der Waals surface area contributed by atoms with E-state index in [9.17, 15) is 18.7 Å². The van der Waals surface area contributed by atoms with Crippen molar-refractivity contribution in [2.75, 3.05) is 30.0 Å². The predicted molar refractivity (Wildman–Crippen MR) is 117 cm³/mol. The van der Waals surface area contributed by atoms with Crippen molar-refractivity contribution in [1.29, 1.82) is 0 Å². The highest BCUT2D eigenvalue weighted by Gasteiger charge is 2.50. The third kappa shape index (κ3) is 3.51. The Hall–Kier alpha value is -3.82. The highest BCUT2D eigenvalue weighted by molar-refractivity contribution is 5.78. The fraction of sp³-hybridized carbons (Fsp3) is 0.304. The molecule has 0 saturated carbocycles. The number of hydrogen-bond donors (Lipinski definition) is 2. The number of benzene rings is 1. The van der Waals surface area contributed by atoms with Crippen molar-refractivity contribution in [3.8, 4) is 22.9 Å². The van der Waals surface area contributed by atoms with Crippen LogP contribution in [-0.2, 0) is 0 Å². The lowest BCUT2D eigenvalue weighted by Gasteiger charge is -2.42. The second-order valence-corrected chi connectivity index (χ2v) is 8.36. The summed E-state index contributed by atoms with van der Waals surface area (Å²) in [6, 6.07) is 7.52. The number of carbonyl (C=O) groups is 1. The maximum absolute atomic E-state index is 14.4. The summed E-state index contributed by atoms with van der Waals surface area (Å²) in [6.45, 7) is 1.85. The van der Waals surface area contributed by atoms with Gasteiger partial charge in [-0.25, -0.2) is 13.8 Å². The second kappa shape index (κ2) is 7.95. The van der Waals surface area contributed by atoms with Crippen LogP contribution < -0.4 is 15.0 Å². The first-order valence-corrected chi connectivity index (χ1v) is 10.5. The lowest BCUT2D eigenvalue weighted by molar-refractivity contribution is 0.112. The van der Waals surface area contributed by atoms with Crippen molar-refractivity contribution in [3.63, 3.8) is 0 Å². The number of aromatic nitrogens is 3. The molecule has 1 fully saturated rings. The van der Waals surface area contributed by atoms with Gasteiger partial charge < -0.3 is 20.1 Å². The van der Waals surface area contributed by atoms with E-state index in [1.54, 1.807) is 25.1 Å². The number of aldehydes is 1. The minimum atomic E-state index is -0.861. The van der Waals surface area contributed by atoms with Crippen LogP contribution >= 0.6 is 0 Å². The summed E-state index contributed by atoms with van der Waals surface area (Å²) in [5, 5.41) is 21.6. The zero-order chi connectivity index (χ0) is 23.2. The number of pyridine rings is 1. The standard InChI is InChI=1S/C23H21F2N5O3/c1-13-5-20(26-8-14(13)10-31)33-15-7-23(11-24)12-27-22-19(30(23)9-15)6-18(28-29-22)16-3-2-4-17(25)21(16)32/h2-6,8,10,15,32H,7,9,11-12H2,1H3,(H,27,29)/t15-,23+/m1/s1. The summed E-state index contributed by atoms with van der Waals surface area (Å²) in [5.74, 6) is -0.441. The highest BCUT2D eigenvalue weighted by Crippen LogP contribution is 2.44. The first kappa shape index (κ1) is 21.0. The summed E-state index contributed by atoms with van der Waals surface area (Å²) in [5.41, 5.74) is 1.43. The lowest BCUT2D eigenvalue weighted by Crippen LogP contribution is -2.54. The fourth-order valence-electron chi connectivity index (χ4n) is 4.48. The van der Waals surface area contributed by atoms with Gasteiger partial charge in [0.25, 0.3) is 0 Å². The number of fused-ring (bicyclic) bond motifs is 3. The zero-order valence-corrected chi connectivity index (χ0v) is 17.8. The van der Waals surface area contributed by atoms with Gasteiger partial charge in [-0.05, 0) is 30.7 Å². The van der Waals surface area contributed by atoms with Crippen LogP contribution in [0, 0.1) is 12.7 Å². The predicted octanol–water partition coefficient (Wildman–Crippen LogP) is 3.30. The van der Waals surface area contributed by atoms with Crippen LogP contribution in [0.15, 0.2) is 36.5 Å². The number of halogens is 2. The molecule has 0 amide bonds. The molecule has 2 atom stereocenters. The number of nitrogens with zero attached hydrogens (tertiary/aromatic N) is 4. The number of para-hydroxylation sites is 1. The largest absolute Gasteiger partial charge is 0.504 e. The molecule has 0 radical (unpaired) electrons. The molecule has 4 heterocycles. The number of phenolic OH excluding ortho intramolecular Hbond substituents is 1. The van der Waals surface area contributed by atoms with E-state index in [4.69, 9.17) is 4.74 Å². The van der Waals surface area contributed by atoms with Crippen LogP contribution in [0.4, 0.5) is 20.3 Å². The smallest absolute Gasteiger partial charge is 0.213 e. The summed E-state index contributed by atoms with van der Waals surface area (Å²) in [4.78, 5) is 17.1. The molecule has 0 unspecified atom stereocenters. The molecule has 33 heavy (non-hydrogen) atoms. The van der Waals surface area contributed by atoms with E-state index >= 15 is 0 Å². The fourth-order valence-corrected chi connectivity index (χ4v) is 4.48. The Morgan fingerprint density at radius 2 is 2.21 bits per heavy atom. The van der Waals surface area contributed by atoms with Crippen LogP contribution in [0.3, 0.4) is 0 Å². The van der Waals surface area contributed by atoms with Gasteiger partial charge in [0.1, 0.15) is 12.8 Å². The summed E-state index contributed by atoms with van der Waals surface area (Å²) in [7, 11) is 0. The third-order valence-corrected chi connectivity index (χ3v) is 6.27. The Bertz CT molecular complexity index is 1240. The number of aromatic hydroxyl groups is 1. The molecule has 2 N–H and O–H groups in total. The number of alkyl halides is 1. The molecule has 10 heteroatoms. The van der Waals surface area contributed by atoms with Gasteiger partial charge in [0.05, 0.1) is 23.5 Å². The molecule has 0 spiro atoms. The van der Waals surface area contributed by atoms with E-state index in [-0.39, 0.29) is 17.4 Å². The highest BCUT2D eigenvalue weighted by atomic mass is 19.1. The molecule has 3 aromatic rings. The molecule has 0 aliphatic carbocycles. The molecule has 2 aromatic heterocycles. The molecule has 2 aliphatic rings. The number of anilines is 2. The molecule has 5 rings (SSSR count). The Labute approximate surface area is 188 Å². The van der Waals surface area contributed by atoms with Crippen molar-refractivity contribution in [3.05, 3.63) is 53.5 Å². The van der Waals surface area contributed by atoms with Crippen molar-refractivity contribution in [2.24, 2.45) is 0 Å². The Kier molecular flexibility index (Phi) is 5.07. The molecule has 8 nitrogen and oxygen atoms in total. The van der Waals surface area contributed by atoms with E-state index in [0.717, 1.165) is 17.9 Å². The Morgan fingerprint density at radius 3 is 2.97 bits per heavy atom. The number of carbonyl (C=O) groups excluding carboxylic acids is 1. The average Bonchev–Trinajstić information content (AvgIpc) is 3.20. The van der Waals surface area contributed by atoms with Crippen LogP contribution in [0.5, 0.6) is 11.6 Å². The van der Waals surface area contributed by atoms with E-state index in [2.05, 4.69) is 20.5 Å². The summed E-state index contributed by atoms with van der Waals surface area (Å²) in [6.07, 6.45) is 2.23. The number of hydrogen-bond acceptors (Lipinski definition) is 8. The maximum atomic E-state index is 14.4. The second-order valence-electron chi connectivity index (χ2n) is 8.36. The quantitative estimate of drug-likeness (QED) is 0.568. The molecule has 1 aromatic carbocycles. The molecular weight excluding hydrogens is 432 g/mol. The zero-order valence-electron chi connectivity index (χ0n) is 17.8. The van der Waals surface area contributed by atoms with Gasteiger partial charge in [-0.3, -0.25) is 4.79 Å². The van der Waals surface area contributed by atoms with Crippen LogP contribution in [-0.4, -0.2) is 58.0 Å². The summed E-state index contributed by atoms with van der Waals surface area (Å²) >= 11 is 0. The van der Waals surface area contributed by atoms with Crippen LogP contribution in [0.2, 0.25) is 0 Å². The Balaban J connectivity index is 1.47. The Morgan fingerprint density at radius 1 is 1.36 bits per heavy atom. The first-order chi connectivity index (χ1) is 15.9. The SMILES string of the molecule is Cc1cc(O[C@H]2CN3c4cc(-c5cccc(F)c5O)nnc4NC[C@@]3(CF)C2)ncc1C=O. The molecule has 170 valence electrons. The van der Waals surface area contributed by atoms with Gasteiger partial charge in [-0.1, -0.05) is 6.07 Å². The molecule has 1 saturated heterocycles. The van der Waals surface area contributed by atoms with Crippen LogP contribution in [0.25, 0.3) is 11.3 Å². The van der Waals surface area contributed by atoms with E-state index in [1.165, 1.54) is 12.3 Å². The monoisotopic (exact) mass is 453 g/mol. The average molecular weight is 453 g/mol. The number of rotatable bonds is 5. The molecule has 0 bridgehead atoms. The maximum Gasteiger partial charge on any atom is 0.213 e. The topological polar surface area (TPSA) is 100 Å². The first-order valence-electron chi connectivity index (χ1n) is 10.5. The van der Waals surface area contributed by atoms with E-state index < -0.39 is 23.8 Å². The number of ether oxygens (including phenoxy) is 1. The van der Waals surface area contributed by atoms with Gasteiger partial charge in [-0.15, -0.1) is 10.2 Å². The normalized spacial score (nSPS) is 21.2. The number of nitrogens with one attached hydrogen (secondary N) is 1. The number of phenols is 1. The lowest BCUT2D eigenvalue weighted by atomic mass is 9.94. The van der Waals surface area contributed by atoms with Gasteiger partial charge in [0, 0.05) is 36.4 Å². The summed E-state index contributed by atoms with van der Waals surface area (Å²) < 4.78 is 34.3. The minimum Gasteiger partial charge on any atom is -0.504 e. The van der Waals surface area contributed by atoms with Crippen molar-refractivity contribution in [2.45, 2.75) is 25.0 Å².